The minimum Gasteiger partial charge on any atom is -0.358 e. The molecule has 2 fully saturated rings. The number of nitro groups is 1. The molecule has 8 nitrogen and oxygen atoms in total. The van der Waals surface area contributed by atoms with Crippen molar-refractivity contribution in [3.8, 4) is 0 Å². The molecule has 36 heavy (non-hydrogen) atoms. The molecule has 0 aromatic heterocycles. The van der Waals surface area contributed by atoms with Gasteiger partial charge in [0.2, 0.25) is 11.8 Å². The highest BCUT2D eigenvalue weighted by atomic mass is 16.6. The third kappa shape index (κ3) is 3.25. The van der Waals surface area contributed by atoms with E-state index in [1.165, 1.54) is 29.2 Å². The third-order valence-corrected chi connectivity index (χ3v) is 7.37. The summed E-state index contributed by atoms with van der Waals surface area (Å²) in [5, 5.41) is 11.1. The van der Waals surface area contributed by atoms with Crippen LogP contribution in [0.5, 0.6) is 0 Å². The lowest BCUT2D eigenvalue weighted by atomic mass is 9.83. The van der Waals surface area contributed by atoms with Gasteiger partial charge in [0.15, 0.2) is 5.78 Å². The highest BCUT2D eigenvalue weighted by Gasteiger charge is 2.64. The van der Waals surface area contributed by atoms with Crippen molar-refractivity contribution in [2.24, 2.45) is 11.8 Å². The van der Waals surface area contributed by atoms with Crippen molar-refractivity contribution in [3.05, 3.63) is 117 Å². The van der Waals surface area contributed by atoms with E-state index in [0.29, 0.717) is 0 Å². The molecule has 3 aromatic carbocycles. The first kappa shape index (κ1) is 21.9. The lowest BCUT2D eigenvalue weighted by Gasteiger charge is -2.35. The van der Waals surface area contributed by atoms with Gasteiger partial charge in [-0.3, -0.25) is 29.4 Å². The number of Topliss-reactive ketones (excluding diaryl/α,β-unsaturated/α-hetero) is 1. The normalized spacial score (nSPS) is 23.9. The number of amides is 2. The van der Waals surface area contributed by atoms with Gasteiger partial charge in [0.05, 0.1) is 29.3 Å². The van der Waals surface area contributed by atoms with Gasteiger partial charge in [0.1, 0.15) is 6.04 Å². The fourth-order valence-electron chi connectivity index (χ4n) is 5.76. The Morgan fingerprint density at radius 3 is 2.25 bits per heavy atom. The lowest BCUT2D eigenvalue weighted by molar-refractivity contribution is -0.384. The first-order chi connectivity index (χ1) is 17.5. The van der Waals surface area contributed by atoms with E-state index in [-0.39, 0.29) is 35.4 Å². The van der Waals surface area contributed by atoms with E-state index in [2.05, 4.69) is 0 Å². The van der Waals surface area contributed by atoms with E-state index in [9.17, 15) is 24.5 Å². The summed E-state index contributed by atoms with van der Waals surface area (Å²) >= 11 is 0. The second-order valence-corrected chi connectivity index (χ2v) is 9.25. The fraction of sp³-hybridized carbons (Fsp3) is 0.179. The number of hydrogen-bond acceptors (Lipinski definition) is 6. The molecular weight excluding hydrogens is 458 g/mol. The summed E-state index contributed by atoms with van der Waals surface area (Å²) in [7, 11) is 0. The highest BCUT2D eigenvalue weighted by molar-refractivity contribution is 6.12. The van der Waals surface area contributed by atoms with Crippen LogP contribution in [0.4, 0.5) is 5.69 Å². The zero-order valence-corrected chi connectivity index (χ0v) is 19.1. The van der Waals surface area contributed by atoms with E-state index in [1.807, 2.05) is 65.6 Å². The van der Waals surface area contributed by atoms with Crippen molar-refractivity contribution in [2.45, 2.75) is 18.6 Å². The summed E-state index contributed by atoms with van der Waals surface area (Å²) < 4.78 is 0. The Morgan fingerprint density at radius 2 is 1.53 bits per heavy atom. The van der Waals surface area contributed by atoms with Crippen LogP contribution in [0.2, 0.25) is 0 Å². The van der Waals surface area contributed by atoms with Gasteiger partial charge >= 0.3 is 0 Å². The number of benzene rings is 3. The number of rotatable bonds is 5. The zero-order chi connectivity index (χ0) is 25.0. The van der Waals surface area contributed by atoms with E-state index in [1.54, 1.807) is 6.20 Å². The Morgan fingerprint density at radius 1 is 0.861 bits per heavy atom. The number of nitrogens with zero attached hydrogens (tertiary/aromatic N) is 3. The average Bonchev–Trinajstić information content (AvgIpc) is 3.37. The van der Waals surface area contributed by atoms with Crippen molar-refractivity contribution >= 4 is 29.4 Å². The van der Waals surface area contributed by atoms with Crippen LogP contribution >= 0.6 is 0 Å². The largest absolute Gasteiger partial charge is 0.358 e. The smallest absolute Gasteiger partial charge is 0.269 e. The van der Waals surface area contributed by atoms with Gasteiger partial charge in [-0.25, -0.2) is 0 Å². The van der Waals surface area contributed by atoms with Crippen LogP contribution in [0.15, 0.2) is 85.1 Å². The number of carbonyl (C=O) groups excluding carboxylic acids is 3. The monoisotopic (exact) mass is 479 g/mol. The minimum atomic E-state index is -0.900. The van der Waals surface area contributed by atoms with Crippen LogP contribution in [-0.2, 0) is 16.1 Å². The Hall–Kier alpha value is -4.59. The molecule has 3 heterocycles. The number of nitro benzene ring substituents is 1. The van der Waals surface area contributed by atoms with Crippen LogP contribution in [0, 0.1) is 22.0 Å². The molecule has 2 amide bonds. The number of ketones is 1. The standard InChI is InChI=1S/C28H21N3O5/c32-26(19-10-12-20(13-11-19)31(35)36)25-23-22(24-21-9-5-4-8-18(21)14-15-29(24)25)27(33)30(28(23)34)16-17-6-2-1-3-7-17/h1-15,22-25H,16H2/t22-,23-,24+,25+/m1/s1. The van der Waals surface area contributed by atoms with Crippen molar-refractivity contribution in [3.63, 3.8) is 0 Å². The molecule has 4 atom stereocenters. The summed E-state index contributed by atoms with van der Waals surface area (Å²) in [6, 6.07) is 21.0. The zero-order valence-electron chi connectivity index (χ0n) is 19.1. The molecule has 178 valence electrons. The number of likely N-dealkylation sites (tertiary alicyclic amines) is 1. The summed E-state index contributed by atoms with van der Waals surface area (Å²) in [6.07, 6.45) is 3.68. The minimum absolute atomic E-state index is 0.123. The van der Waals surface area contributed by atoms with Crippen LogP contribution in [0.3, 0.4) is 0 Å². The highest BCUT2D eigenvalue weighted by Crippen LogP contribution is 2.53. The first-order valence-electron chi connectivity index (χ1n) is 11.7. The third-order valence-electron chi connectivity index (χ3n) is 7.37. The van der Waals surface area contributed by atoms with Gasteiger partial charge < -0.3 is 4.90 Å². The molecule has 3 aliphatic heterocycles. The molecule has 0 N–H and O–H groups in total. The number of hydrogen-bond donors (Lipinski definition) is 0. The van der Waals surface area contributed by atoms with E-state index < -0.39 is 28.8 Å². The molecule has 8 heteroatoms. The van der Waals surface area contributed by atoms with Crippen molar-refractivity contribution in [1.82, 2.24) is 9.80 Å². The number of non-ortho nitro benzene ring substituents is 1. The number of fused-ring (bicyclic) bond motifs is 5. The predicted octanol–water partition coefficient (Wildman–Crippen LogP) is 3.99. The molecule has 0 bridgehead atoms. The molecule has 3 aromatic rings. The summed E-state index contributed by atoms with van der Waals surface area (Å²) in [5.41, 5.74) is 2.82. The van der Waals surface area contributed by atoms with Gasteiger partial charge in [-0.1, -0.05) is 54.6 Å². The molecule has 0 spiro atoms. The maximum Gasteiger partial charge on any atom is 0.269 e. The number of imide groups is 1. The molecule has 0 unspecified atom stereocenters. The Bertz CT molecular complexity index is 1430. The van der Waals surface area contributed by atoms with E-state index in [0.717, 1.165) is 16.7 Å². The van der Waals surface area contributed by atoms with Crippen molar-refractivity contribution in [1.29, 1.82) is 0 Å². The van der Waals surface area contributed by atoms with E-state index in [4.69, 9.17) is 0 Å². The quantitative estimate of drug-likeness (QED) is 0.237. The predicted molar refractivity (Wildman–Crippen MR) is 130 cm³/mol. The molecule has 0 radical (unpaired) electrons. The molecule has 3 aliphatic rings. The average molecular weight is 479 g/mol. The fourth-order valence-corrected chi connectivity index (χ4v) is 5.76. The van der Waals surface area contributed by atoms with Gasteiger partial charge in [0, 0.05) is 23.9 Å². The van der Waals surface area contributed by atoms with Crippen LogP contribution in [-0.4, -0.2) is 38.4 Å². The van der Waals surface area contributed by atoms with Gasteiger partial charge in [-0.2, -0.15) is 0 Å². The van der Waals surface area contributed by atoms with Crippen LogP contribution < -0.4 is 0 Å². The lowest BCUT2D eigenvalue weighted by Crippen LogP contribution is -2.44. The SMILES string of the molecule is O=C(c1ccc([N+](=O)[O-])cc1)[C@@H]1[C@@H]2C(=O)N(Cc3ccccc3)C(=O)[C@H]2[C@@H]2c3ccccc3C=CN12. The Kier molecular flexibility index (Phi) is 5.03. The van der Waals surface area contributed by atoms with Gasteiger partial charge in [-0.15, -0.1) is 0 Å². The maximum atomic E-state index is 13.8. The van der Waals surface area contributed by atoms with Crippen molar-refractivity contribution < 1.29 is 19.3 Å². The van der Waals surface area contributed by atoms with Crippen LogP contribution in [0.1, 0.15) is 33.1 Å². The topological polar surface area (TPSA) is 101 Å². The Balaban J connectivity index is 1.43. The summed E-state index contributed by atoms with van der Waals surface area (Å²) in [6.45, 7) is 0.147. The molecular formula is C28H21N3O5. The van der Waals surface area contributed by atoms with Crippen LogP contribution in [0.25, 0.3) is 6.08 Å². The first-order valence-corrected chi connectivity index (χ1v) is 11.7. The second kappa shape index (κ2) is 8.27. The van der Waals surface area contributed by atoms with Crippen molar-refractivity contribution in [2.75, 3.05) is 0 Å². The molecule has 0 saturated carbocycles. The molecule has 2 saturated heterocycles. The van der Waals surface area contributed by atoms with Gasteiger partial charge in [0.25, 0.3) is 5.69 Å². The van der Waals surface area contributed by atoms with E-state index >= 15 is 0 Å². The maximum absolute atomic E-state index is 13.8. The van der Waals surface area contributed by atoms with Gasteiger partial charge in [-0.05, 0) is 34.9 Å². The summed E-state index contributed by atoms with van der Waals surface area (Å²) in [4.78, 5) is 55.0. The molecule has 0 aliphatic carbocycles. The second-order valence-electron chi connectivity index (χ2n) is 9.25. The number of carbonyl (C=O) groups is 3. The molecule has 6 rings (SSSR count). The Labute approximate surface area is 206 Å². The summed E-state index contributed by atoms with van der Waals surface area (Å²) in [5.74, 6) is -2.56.